The molecule has 3 aromatic carbocycles. The molecule has 0 unspecified atom stereocenters. The van der Waals surface area contributed by atoms with Crippen molar-refractivity contribution in [3.05, 3.63) is 99.2 Å². The largest absolute Gasteiger partial charge is 0.733 e. The molecule has 132 valence electrons. The molecule has 0 aromatic heterocycles. The molecule has 0 heterocycles. The Balaban J connectivity index is 1.92. The SMILES string of the molecule is [O-]N(O)c1ccc(NN=C(c2ccc(Cl)cc2)c2ccc(Cl)cc2)cc1. The molecule has 0 spiro atoms. The number of benzene rings is 3. The van der Waals surface area contributed by atoms with Gasteiger partial charge < -0.3 is 10.4 Å². The van der Waals surface area contributed by atoms with E-state index < -0.39 is 0 Å². The molecule has 0 amide bonds. The molecule has 0 fully saturated rings. The average molecular weight is 387 g/mol. The van der Waals surface area contributed by atoms with Crippen molar-refractivity contribution in [2.75, 3.05) is 10.7 Å². The first kappa shape index (κ1) is 18.2. The van der Waals surface area contributed by atoms with Crippen LogP contribution in [-0.4, -0.2) is 10.9 Å². The number of nitrogens with one attached hydrogen (secondary N) is 1. The molecule has 0 bridgehead atoms. The Kier molecular flexibility index (Phi) is 5.75. The van der Waals surface area contributed by atoms with Gasteiger partial charge in [0.2, 0.25) is 0 Å². The summed E-state index contributed by atoms with van der Waals surface area (Å²) < 4.78 is 0. The number of hydrogen-bond donors (Lipinski definition) is 2. The molecular formula is C19H14Cl2N3O2-. The van der Waals surface area contributed by atoms with E-state index in [1.54, 1.807) is 36.4 Å². The van der Waals surface area contributed by atoms with Crippen LogP contribution in [0.2, 0.25) is 10.0 Å². The summed E-state index contributed by atoms with van der Waals surface area (Å²) in [7, 11) is 0. The van der Waals surface area contributed by atoms with E-state index in [0.717, 1.165) is 11.1 Å². The summed E-state index contributed by atoms with van der Waals surface area (Å²) in [5.74, 6) is 0. The lowest BCUT2D eigenvalue weighted by atomic mass is 10.0. The zero-order valence-corrected chi connectivity index (χ0v) is 14.9. The van der Waals surface area contributed by atoms with Crippen molar-refractivity contribution in [3.63, 3.8) is 0 Å². The highest BCUT2D eigenvalue weighted by atomic mass is 35.5. The summed E-state index contributed by atoms with van der Waals surface area (Å²) in [5, 5.41) is 25.3. The molecule has 0 atom stereocenters. The summed E-state index contributed by atoms with van der Waals surface area (Å²) in [4.78, 5) is 0. The maximum absolute atomic E-state index is 10.9. The van der Waals surface area contributed by atoms with Gasteiger partial charge in [-0.15, -0.1) is 0 Å². The number of hydrogen-bond acceptors (Lipinski definition) is 5. The fraction of sp³-hybridized carbons (Fsp3) is 0. The van der Waals surface area contributed by atoms with Crippen LogP contribution in [0, 0.1) is 5.21 Å². The third-order valence-corrected chi connectivity index (χ3v) is 4.12. The molecule has 0 saturated carbocycles. The van der Waals surface area contributed by atoms with E-state index in [1.165, 1.54) is 12.1 Å². The summed E-state index contributed by atoms with van der Waals surface area (Å²) in [6.45, 7) is 0. The first-order valence-corrected chi connectivity index (χ1v) is 8.40. The van der Waals surface area contributed by atoms with E-state index in [0.29, 0.717) is 21.4 Å². The van der Waals surface area contributed by atoms with Crippen LogP contribution in [0.15, 0.2) is 77.9 Å². The average Bonchev–Trinajstić information content (AvgIpc) is 2.65. The predicted molar refractivity (Wildman–Crippen MR) is 106 cm³/mol. The van der Waals surface area contributed by atoms with Crippen LogP contribution in [0.25, 0.3) is 0 Å². The Morgan fingerprint density at radius 3 is 1.69 bits per heavy atom. The minimum atomic E-state index is -0.195. The van der Waals surface area contributed by atoms with Crippen molar-refractivity contribution in [2.45, 2.75) is 0 Å². The van der Waals surface area contributed by atoms with E-state index in [-0.39, 0.29) is 10.9 Å². The lowest BCUT2D eigenvalue weighted by Gasteiger charge is -2.21. The third-order valence-electron chi connectivity index (χ3n) is 3.62. The van der Waals surface area contributed by atoms with E-state index >= 15 is 0 Å². The van der Waals surface area contributed by atoms with Crippen molar-refractivity contribution in [1.82, 2.24) is 0 Å². The Morgan fingerprint density at radius 1 is 0.808 bits per heavy atom. The first-order chi connectivity index (χ1) is 12.5. The van der Waals surface area contributed by atoms with Crippen LogP contribution >= 0.6 is 23.2 Å². The van der Waals surface area contributed by atoms with Gasteiger partial charge in [-0.3, -0.25) is 10.6 Å². The minimum Gasteiger partial charge on any atom is -0.733 e. The first-order valence-electron chi connectivity index (χ1n) is 7.65. The molecule has 5 nitrogen and oxygen atoms in total. The molecule has 2 N–H and O–H groups in total. The van der Waals surface area contributed by atoms with Crippen LogP contribution in [-0.2, 0) is 0 Å². The van der Waals surface area contributed by atoms with Gasteiger partial charge in [-0.1, -0.05) is 47.5 Å². The Morgan fingerprint density at radius 2 is 1.27 bits per heavy atom. The van der Waals surface area contributed by atoms with Gasteiger partial charge in [0.05, 0.1) is 17.1 Å². The van der Waals surface area contributed by atoms with Gasteiger partial charge in [-0.25, -0.2) is 0 Å². The van der Waals surface area contributed by atoms with Crippen molar-refractivity contribution in [1.29, 1.82) is 0 Å². The molecule has 0 aliphatic heterocycles. The normalized spacial score (nSPS) is 10.3. The quantitative estimate of drug-likeness (QED) is 0.445. The van der Waals surface area contributed by atoms with E-state index in [4.69, 9.17) is 28.4 Å². The Hall–Kier alpha value is -2.57. The standard InChI is InChI=1S/C19H14Cl2N3O2/c20-15-5-1-13(2-6-15)19(14-3-7-16(21)8-4-14)23-22-17-9-11-18(12-10-17)24(25)26/h1-12,22,25H/q-1. The predicted octanol–water partition coefficient (Wildman–Crippen LogP) is 5.55. The Bertz CT molecular complexity index is 846. The molecule has 0 saturated heterocycles. The second-order valence-electron chi connectivity index (χ2n) is 5.41. The second-order valence-corrected chi connectivity index (χ2v) is 6.28. The topological polar surface area (TPSA) is 70.9 Å². The smallest absolute Gasteiger partial charge is 0.0978 e. The van der Waals surface area contributed by atoms with Crippen molar-refractivity contribution < 1.29 is 5.21 Å². The fourth-order valence-electron chi connectivity index (χ4n) is 2.30. The summed E-state index contributed by atoms with van der Waals surface area (Å²) in [6.07, 6.45) is 0. The maximum atomic E-state index is 10.9. The fourth-order valence-corrected chi connectivity index (χ4v) is 2.55. The summed E-state index contributed by atoms with van der Waals surface area (Å²) in [6, 6.07) is 20.9. The van der Waals surface area contributed by atoms with Crippen LogP contribution in [0.1, 0.15) is 11.1 Å². The van der Waals surface area contributed by atoms with Gasteiger partial charge in [0.15, 0.2) is 0 Å². The highest BCUT2D eigenvalue weighted by Crippen LogP contribution is 2.19. The van der Waals surface area contributed by atoms with Crippen LogP contribution in [0.3, 0.4) is 0 Å². The van der Waals surface area contributed by atoms with Gasteiger partial charge in [0.1, 0.15) is 0 Å². The highest BCUT2D eigenvalue weighted by molar-refractivity contribution is 6.31. The van der Waals surface area contributed by atoms with Gasteiger partial charge >= 0.3 is 0 Å². The summed E-state index contributed by atoms with van der Waals surface area (Å²) >= 11 is 11.9. The van der Waals surface area contributed by atoms with Crippen molar-refractivity contribution in [3.8, 4) is 0 Å². The maximum Gasteiger partial charge on any atom is 0.0978 e. The highest BCUT2D eigenvalue weighted by Gasteiger charge is 2.08. The Labute approximate surface area is 160 Å². The van der Waals surface area contributed by atoms with E-state index in [2.05, 4.69) is 10.5 Å². The number of hydrazone groups is 1. The number of halogens is 2. The number of anilines is 2. The molecule has 3 rings (SSSR count). The van der Waals surface area contributed by atoms with Gasteiger partial charge in [0.25, 0.3) is 0 Å². The molecule has 3 aromatic rings. The van der Waals surface area contributed by atoms with Gasteiger partial charge in [0, 0.05) is 21.2 Å². The summed E-state index contributed by atoms with van der Waals surface area (Å²) in [5.41, 5.74) is 6.21. The van der Waals surface area contributed by atoms with Crippen LogP contribution in [0.5, 0.6) is 0 Å². The third kappa shape index (κ3) is 4.53. The zero-order chi connectivity index (χ0) is 18.5. The monoisotopic (exact) mass is 386 g/mol. The van der Waals surface area contributed by atoms with Gasteiger partial charge in [-0.2, -0.15) is 5.10 Å². The lowest BCUT2D eigenvalue weighted by Crippen LogP contribution is -2.08. The molecular weight excluding hydrogens is 373 g/mol. The lowest BCUT2D eigenvalue weighted by molar-refractivity contribution is 0.296. The molecule has 0 radical (unpaired) electrons. The van der Waals surface area contributed by atoms with E-state index in [9.17, 15) is 5.21 Å². The molecule has 26 heavy (non-hydrogen) atoms. The molecule has 0 aliphatic carbocycles. The van der Waals surface area contributed by atoms with Crippen molar-refractivity contribution >= 4 is 40.3 Å². The van der Waals surface area contributed by atoms with Crippen LogP contribution in [0.4, 0.5) is 11.4 Å². The van der Waals surface area contributed by atoms with Crippen LogP contribution < -0.4 is 10.7 Å². The molecule has 7 heteroatoms. The molecule has 0 aliphatic rings. The van der Waals surface area contributed by atoms with Gasteiger partial charge in [-0.05, 0) is 48.5 Å². The number of rotatable bonds is 5. The minimum absolute atomic E-state index is 0.134. The van der Waals surface area contributed by atoms with Crippen molar-refractivity contribution in [2.24, 2.45) is 5.10 Å². The number of nitrogens with zero attached hydrogens (tertiary/aromatic N) is 2. The zero-order valence-electron chi connectivity index (χ0n) is 13.4. The second kappa shape index (κ2) is 8.21. The van der Waals surface area contributed by atoms with E-state index in [1.807, 2.05) is 24.3 Å².